The fourth-order valence-electron chi connectivity index (χ4n) is 8.41. The van der Waals surface area contributed by atoms with Crippen LogP contribution in [0.2, 0.25) is 0 Å². The van der Waals surface area contributed by atoms with Crippen LogP contribution in [-0.2, 0) is 0 Å². The van der Waals surface area contributed by atoms with Crippen LogP contribution in [0.15, 0.2) is 218 Å². The van der Waals surface area contributed by atoms with Gasteiger partial charge < -0.3 is 0 Å². The maximum atomic E-state index is 2.44. The Morgan fingerprint density at radius 2 is 0.500 bits per heavy atom. The van der Waals surface area contributed by atoms with E-state index in [9.17, 15) is 0 Å². The fourth-order valence-corrected chi connectivity index (χ4v) is 8.41. The molecule has 0 aliphatic rings. The minimum Gasteiger partial charge on any atom is -0.0622 e. The van der Waals surface area contributed by atoms with Crippen molar-refractivity contribution in [3.05, 3.63) is 218 Å². The molecule has 0 aliphatic carbocycles. The zero-order valence-electron chi connectivity index (χ0n) is 29.8. The van der Waals surface area contributed by atoms with Gasteiger partial charge in [-0.1, -0.05) is 212 Å². The standard InChI is InChI=1S/C54H36/c1-4-16-37(17-5-1)43-22-10-11-23-44(43)39-28-30-40(31-29-39)46-35-34-45(38-18-6-2-7-19-38)47-33-32-42(36-52(46)47)54-50-26-14-12-24-48(50)53(41-20-8-3-9-21-41)49-25-13-15-27-51(49)54/h1-36H. The molecule has 0 amide bonds. The second kappa shape index (κ2) is 13.5. The first-order valence-electron chi connectivity index (χ1n) is 18.7. The molecule has 252 valence electrons. The van der Waals surface area contributed by atoms with E-state index in [2.05, 4.69) is 218 Å². The Bertz CT molecular complexity index is 2880. The SMILES string of the molecule is c1ccc(-c2ccccc2-c2ccc(-c3ccc(-c4ccccc4)c4ccc(-c5c6ccccc6c(-c6ccccc6)c6ccccc56)cc34)cc2)cc1. The molecule has 54 heavy (non-hydrogen) atoms. The molecule has 0 aliphatic heterocycles. The average Bonchev–Trinajstić information content (AvgIpc) is 3.26. The molecular weight excluding hydrogens is 649 g/mol. The summed E-state index contributed by atoms with van der Waals surface area (Å²) in [5.41, 5.74) is 14.8. The van der Waals surface area contributed by atoms with Gasteiger partial charge in [0.1, 0.15) is 0 Å². The van der Waals surface area contributed by atoms with E-state index in [-0.39, 0.29) is 0 Å². The number of hydrogen-bond donors (Lipinski definition) is 0. The highest BCUT2D eigenvalue weighted by molar-refractivity contribution is 6.22. The molecule has 0 heterocycles. The van der Waals surface area contributed by atoms with E-state index in [4.69, 9.17) is 0 Å². The molecule has 0 atom stereocenters. The Kier molecular flexibility index (Phi) is 7.93. The molecule has 0 nitrogen and oxygen atoms in total. The minimum absolute atomic E-state index is 1.20. The molecule has 0 aromatic heterocycles. The largest absolute Gasteiger partial charge is 0.0622 e. The first-order chi connectivity index (χ1) is 26.8. The zero-order chi connectivity index (χ0) is 35.8. The summed E-state index contributed by atoms with van der Waals surface area (Å²) in [7, 11) is 0. The van der Waals surface area contributed by atoms with E-state index in [1.807, 2.05) is 0 Å². The van der Waals surface area contributed by atoms with Gasteiger partial charge >= 0.3 is 0 Å². The molecule has 10 aromatic rings. The van der Waals surface area contributed by atoms with Gasteiger partial charge in [0.05, 0.1) is 0 Å². The van der Waals surface area contributed by atoms with Crippen molar-refractivity contribution in [2.45, 2.75) is 0 Å². The van der Waals surface area contributed by atoms with Gasteiger partial charge in [0, 0.05) is 0 Å². The molecule has 0 spiro atoms. The Morgan fingerprint density at radius 1 is 0.167 bits per heavy atom. The van der Waals surface area contributed by atoms with Crippen LogP contribution in [0.25, 0.3) is 99.1 Å². The third kappa shape index (κ3) is 5.48. The molecule has 0 bridgehead atoms. The predicted molar refractivity (Wildman–Crippen MR) is 232 cm³/mol. The maximum absolute atomic E-state index is 2.44. The van der Waals surface area contributed by atoms with Crippen LogP contribution >= 0.6 is 0 Å². The molecular formula is C54H36. The van der Waals surface area contributed by atoms with E-state index in [1.54, 1.807) is 0 Å². The summed E-state index contributed by atoms with van der Waals surface area (Å²) in [5.74, 6) is 0. The van der Waals surface area contributed by atoms with Gasteiger partial charge in [-0.25, -0.2) is 0 Å². The van der Waals surface area contributed by atoms with Crippen molar-refractivity contribution in [2.75, 3.05) is 0 Å². The van der Waals surface area contributed by atoms with Crippen molar-refractivity contribution in [3.63, 3.8) is 0 Å². The lowest BCUT2D eigenvalue weighted by atomic mass is 9.84. The van der Waals surface area contributed by atoms with Crippen LogP contribution in [0.5, 0.6) is 0 Å². The Morgan fingerprint density at radius 3 is 1.00 bits per heavy atom. The van der Waals surface area contributed by atoms with Crippen LogP contribution in [0.4, 0.5) is 0 Å². The van der Waals surface area contributed by atoms with E-state index in [1.165, 1.54) is 99.1 Å². The average molecular weight is 685 g/mol. The monoisotopic (exact) mass is 684 g/mol. The summed E-state index contributed by atoms with van der Waals surface area (Å²) < 4.78 is 0. The lowest BCUT2D eigenvalue weighted by Crippen LogP contribution is -1.92. The number of rotatable bonds is 6. The molecule has 10 rings (SSSR count). The van der Waals surface area contributed by atoms with Gasteiger partial charge in [0.2, 0.25) is 0 Å². The van der Waals surface area contributed by atoms with Crippen molar-refractivity contribution in [1.82, 2.24) is 0 Å². The van der Waals surface area contributed by atoms with Gasteiger partial charge in [-0.3, -0.25) is 0 Å². The summed E-state index contributed by atoms with van der Waals surface area (Å²) in [6, 6.07) is 79.7. The summed E-state index contributed by atoms with van der Waals surface area (Å²) >= 11 is 0. The van der Waals surface area contributed by atoms with Crippen molar-refractivity contribution >= 4 is 32.3 Å². The zero-order valence-corrected chi connectivity index (χ0v) is 29.8. The van der Waals surface area contributed by atoms with Crippen LogP contribution in [-0.4, -0.2) is 0 Å². The normalized spacial score (nSPS) is 11.3. The summed E-state index contributed by atoms with van der Waals surface area (Å²) in [5, 5.41) is 7.54. The quantitative estimate of drug-likeness (QED) is 0.153. The molecule has 0 saturated heterocycles. The number of benzene rings is 10. The van der Waals surface area contributed by atoms with Gasteiger partial charge in [0.25, 0.3) is 0 Å². The van der Waals surface area contributed by atoms with Crippen molar-refractivity contribution < 1.29 is 0 Å². The molecule has 10 aromatic carbocycles. The van der Waals surface area contributed by atoms with E-state index < -0.39 is 0 Å². The number of fused-ring (bicyclic) bond motifs is 3. The first kappa shape index (κ1) is 31.7. The van der Waals surface area contributed by atoms with Gasteiger partial charge in [-0.15, -0.1) is 0 Å². The smallest absolute Gasteiger partial charge is 0.00261 e. The Balaban J connectivity index is 1.19. The highest BCUT2D eigenvalue weighted by atomic mass is 14.2. The van der Waals surface area contributed by atoms with Gasteiger partial charge in [0.15, 0.2) is 0 Å². The van der Waals surface area contributed by atoms with Crippen LogP contribution in [0.3, 0.4) is 0 Å². The highest BCUT2D eigenvalue weighted by Gasteiger charge is 2.18. The van der Waals surface area contributed by atoms with Crippen molar-refractivity contribution in [1.29, 1.82) is 0 Å². The second-order valence-electron chi connectivity index (χ2n) is 14.0. The Hall–Kier alpha value is -7.02. The first-order valence-corrected chi connectivity index (χ1v) is 18.7. The van der Waals surface area contributed by atoms with E-state index >= 15 is 0 Å². The van der Waals surface area contributed by atoms with Crippen molar-refractivity contribution in [3.8, 4) is 66.8 Å². The fraction of sp³-hybridized carbons (Fsp3) is 0. The third-order valence-electron chi connectivity index (χ3n) is 10.9. The maximum Gasteiger partial charge on any atom is -0.00261 e. The summed E-state index contributed by atoms with van der Waals surface area (Å²) in [6.45, 7) is 0. The highest BCUT2D eigenvalue weighted by Crippen LogP contribution is 2.46. The molecule has 0 radical (unpaired) electrons. The van der Waals surface area contributed by atoms with Crippen LogP contribution < -0.4 is 0 Å². The van der Waals surface area contributed by atoms with Gasteiger partial charge in [-0.05, 0) is 105 Å². The van der Waals surface area contributed by atoms with E-state index in [0.717, 1.165) is 0 Å². The minimum atomic E-state index is 1.20. The molecule has 0 N–H and O–H groups in total. The molecule has 0 fully saturated rings. The van der Waals surface area contributed by atoms with Crippen molar-refractivity contribution in [2.24, 2.45) is 0 Å². The van der Waals surface area contributed by atoms with Gasteiger partial charge in [-0.2, -0.15) is 0 Å². The summed E-state index contributed by atoms with van der Waals surface area (Å²) in [6.07, 6.45) is 0. The number of hydrogen-bond acceptors (Lipinski definition) is 0. The molecule has 0 unspecified atom stereocenters. The van der Waals surface area contributed by atoms with Crippen LogP contribution in [0, 0.1) is 0 Å². The predicted octanol–water partition coefficient (Wildman–Crippen LogP) is 15.1. The molecule has 0 saturated carbocycles. The van der Waals surface area contributed by atoms with Crippen LogP contribution in [0.1, 0.15) is 0 Å². The molecule has 0 heteroatoms. The Labute approximate surface area is 316 Å². The lowest BCUT2D eigenvalue weighted by Gasteiger charge is -2.19. The topological polar surface area (TPSA) is 0 Å². The lowest BCUT2D eigenvalue weighted by molar-refractivity contribution is 1.57. The third-order valence-corrected chi connectivity index (χ3v) is 10.9. The van der Waals surface area contributed by atoms with E-state index in [0.29, 0.717) is 0 Å². The second-order valence-corrected chi connectivity index (χ2v) is 14.0. The summed E-state index contributed by atoms with van der Waals surface area (Å²) in [4.78, 5) is 0.